The van der Waals surface area contributed by atoms with E-state index in [0.29, 0.717) is 6.61 Å². The van der Waals surface area contributed by atoms with Gasteiger partial charge >= 0.3 is 100 Å². The molecule has 0 saturated carbocycles. The zero-order valence-corrected chi connectivity index (χ0v) is 13.4. The summed E-state index contributed by atoms with van der Waals surface area (Å²) in [5, 5.41) is 0. The number of rotatable bonds is 12. The van der Waals surface area contributed by atoms with Crippen LogP contribution in [0, 0.1) is 0 Å². The molecule has 0 rings (SSSR count). The third-order valence-electron chi connectivity index (χ3n) is 2.73. The molecule has 104 valence electrons. The molecule has 1 atom stereocenters. The van der Waals surface area contributed by atoms with E-state index in [2.05, 4.69) is 21.3 Å². The van der Waals surface area contributed by atoms with Gasteiger partial charge in [0.25, 0.3) is 0 Å². The van der Waals surface area contributed by atoms with Crippen LogP contribution < -0.4 is 0 Å². The Kier molecular flexibility index (Phi) is 12.1. The van der Waals surface area contributed by atoms with Gasteiger partial charge in [-0.3, -0.25) is 0 Å². The van der Waals surface area contributed by atoms with Crippen LogP contribution in [0.25, 0.3) is 0 Å². The van der Waals surface area contributed by atoms with Gasteiger partial charge in [-0.2, -0.15) is 0 Å². The molecule has 0 aliphatic rings. The molecule has 0 aliphatic carbocycles. The molecule has 0 saturated heterocycles. The van der Waals surface area contributed by atoms with Crippen molar-refractivity contribution in [1.29, 1.82) is 0 Å². The van der Waals surface area contributed by atoms with Crippen molar-refractivity contribution in [3.8, 4) is 0 Å². The number of hydrogen-bond donors (Lipinski definition) is 1. The first kappa shape index (κ1) is 17.6. The van der Waals surface area contributed by atoms with Gasteiger partial charge in [-0.1, -0.05) is 13.3 Å². The second-order valence-corrected chi connectivity index (χ2v) is 8.17. The molecule has 0 aromatic carbocycles. The van der Waals surface area contributed by atoms with Crippen LogP contribution in [0.15, 0.2) is 0 Å². The Bertz CT molecular complexity index is 252. The number of hydrogen-bond acceptors (Lipinski definition) is 2. The zero-order valence-electron chi connectivity index (χ0n) is 10.9. The van der Waals surface area contributed by atoms with Crippen molar-refractivity contribution in [2.24, 2.45) is 0 Å². The van der Waals surface area contributed by atoms with E-state index in [4.69, 9.17) is 8.74 Å². The Labute approximate surface area is 113 Å². The van der Waals surface area contributed by atoms with Crippen LogP contribution in [-0.4, -0.2) is 29.8 Å². The topological polar surface area (TPSA) is 46.5 Å². The van der Waals surface area contributed by atoms with E-state index in [1.165, 1.54) is 51.4 Å². The molecule has 1 N–H and O–H groups in total. The summed E-state index contributed by atoms with van der Waals surface area (Å²) in [6.45, 7) is 2.61. The van der Waals surface area contributed by atoms with Crippen LogP contribution >= 0.6 is 0 Å². The summed E-state index contributed by atoms with van der Waals surface area (Å²) in [4.78, 5) is 0. The molecule has 17 heavy (non-hydrogen) atoms. The van der Waals surface area contributed by atoms with E-state index < -0.39 is 8.42 Å². The van der Waals surface area contributed by atoms with Crippen molar-refractivity contribution in [2.75, 3.05) is 6.61 Å². The van der Waals surface area contributed by atoms with Crippen LogP contribution in [0.3, 0.4) is 0 Å². The Morgan fingerprint density at radius 1 is 0.941 bits per heavy atom. The average molecular weight is 329 g/mol. The summed E-state index contributed by atoms with van der Waals surface area (Å²) in [6.07, 6.45) is 12.5. The van der Waals surface area contributed by atoms with E-state index >= 15 is 0 Å². The summed E-state index contributed by atoms with van der Waals surface area (Å²) >= 11 is 2.11. The summed E-state index contributed by atoms with van der Waals surface area (Å²) in [7, 11) is -3.11. The van der Waals surface area contributed by atoms with Crippen LogP contribution in [-0.2, 0) is 12.6 Å². The first-order valence-corrected chi connectivity index (χ1v) is 10.1. The quantitative estimate of drug-likeness (QED) is 0.439. The summed E-state index contributed by atoms with van der Waals surface area (Å²) in [5.41, 5.74) is 0. The second kappa shape index (κ2) is 11.7. The van der Waals surface area contributed by atoms with Crippen molar-refractivity contribution >= 4 is 22.8 Å². The SMILES string of the molecule is CCCCCCCCCCCCOS(=O)(O)=[Se]. The van der Waals surface area contributed by atoms with E-state index in [-0.39, 0.29) is 0 Å². The summed E-state index contributed by atoms with van der Waals surface area (Å²) < 4.78 is 24.3. The molecular weight excluding hydrogens is 303 g/mol. The van der Waals surface area contributed by atoms with Crippen LogP contribution in [0.1, 0.15) is 71.1 Å². The van der Waals surface area contributed by atoms with Gasteiger partial charge in [-0.05, 0) is 0 Å². The third kappa shape index (κ3) is 16.6. The monoisotopic (exact) mass is 330 g/mol. The average Bonchev–Trinajstić information content (AvgIpc) is 2.24. The third-order valence-corrected chi connectivity index (χ3v) is 3.80. The fourth-order valence-electron chi connectivity index (χ4n) is 1.75. The predicted molar refractivity (Wildman–Crippen MR) is 74.3 cm³/mol. The van der Waals surface area contributed by atoms with E-state index in [9.17, 15) is 4.21 Å². The fourth-order valence-corrected chi connectivity index (χ4v) is 2.51. The van der Waals surface area contributed by atoms with E-state index in [1.54, 1.807) is 0 Å². The van der Waals surface area contributed by atoms with Gasteiger partial charge in [0, 0.05) is 0 Å². The summed E-state index contributed by atoms with van der Waals surface area (Å²) in [5.74, 6) is 0. The fraction of sp³-hybridized carbons (Fsp3) is 1.00. The van der Waals surface area contributed by atoms with Crippen molar-refractivity contribution < 1.29 is 12.9 Å². The van der Waals surface area contributed by atoms with Gasteiger partial charge in [0.05, 0.1) is 0 Å². The molecule has 0 aliphatic heterocycles. The molecular formula is C12H26O3SSe. The molecule has 0 bridgehead atoms. The molecule has 0 spiro atoms. The van der Waals surface area contributed by atoms with Gasteiger partial charge < -0.3 is 0 Å². The molecule has 1 unspecified atom stereocenters. The predicted octanol–water partition coefficient (Wildman–Crippen LogP) is 3.68. The standard InChI is InChI=1S/C12H26O3SSe/c1-2-3-4-5-6-7-8-9-10-11-12-15-16(13,14)17/h2-12H2,1H3,(H,13,14,17). The Hall–Kier alpha value is 0.589. The molecule has 0 radical (unpaired) electrons. The van der Waals surface area contributed by atoms with Crippen LogP contribution in [0.2, 0.25) is 0 Å². The molecule has 0 amide bonds. The maximum absolute atomic E-state index is 10.7. The van der Waals surface area contributed by atoms with Gasteiger partial charge in [0.1, 0.15) is 0 Å². The minimum absolute atomic E-state index is 0.374. The van der Waals surface area contributed by atoms with Gasteiger partial charge in [0.15, 0.2) is 0 Å². The summed E-state index contributed by atoms with van der Waals surface area (Å²) in [6, 6.07) is 0. The molecule has 5 heteroatoms. The Morgan fingerprint density at radius 2 is 1.35 bits per heavy atom. The normalized spacial score (nSPS) is 14.7. The van der Waals surface area contributed by atoms with Crippen LogP contribution in [0.4, 0.5) is 0 Å². The molecule has 0 heterocycles. The van der Waals surface area contributed by atoms with Gasteiger partial charge in [-0.25, -0.2) is 0 Å². The maximum atomic E-state index is 10.7. The first-order chi connectivity index (χ1) is 8.06. The van der Waals surface area contributed by atoms with Crippen molar-refractivity contribution in [3.63, 3.8) is 0 Å². The van der Waals surface area contributed by atoms with Crippen LogP contribution in [0.5, 0.6) is 0 Å². The Balaban J connectivity index is 3.04. The van der Waals surface area contributed by atoms with Gasteiger partial charge in [-0.15, -0.1) is 0 Å². The molecule has 0 aromatic rings. The van der Waals surface area contributed by atoms with E-state index in [0.717, 1.165) is 12.8 Å². The van der Waals surface area contributed by atoms with Crippen molar-refractivity contribution in [3.05, 3.63) is 0 Å². The number of unbranched alkanes of at least 4 members (excludes halogenated alkanes) is 9. The molecule has 0 aromatic heterocycles. The zero-order chi connectivity index (χ0) is 13.0. The van der Waals surface area contributed by atoms with E-state index in [1.807, 2.05) is 0 Å². The first-order valence-electron chi connectivity index (χ1n) is 6.68. The van der Waals surface area contributed by atoms with Crippen molar-refractivity contribution in [2.45, 2.75) is 71.1 Å². The Morgan fingerprint density at radius 3 is 1.76 bits per heavy atom. The molecule has 0 fully saturated rings. The second-order valence-electron chi connectivity index (χ2n) is 4.43. The minimum atomic E-state index is -3.11. The van der Waals surface area contributed by atoms with Crippen molar-refractivity contribution in [1.82, 2.24) is 0 Å². The molecule has 3 nitrogen and oxygen atoms in total. The van der Waals surface area contributed by atoms with Gasteiger partial charge in [0.2, 0.25) is 0 Å².